The summed E-state index contributed by atoms with van der Waals surface area (Å²) in [4.78, 5) is 29.4. The molecule has 1 aromatic carbocycles. The van der Waals surface area contributed by atoms with Gasteiger partial charge in [0.1, 0.15) is 5.75 Å². The summed E-state index contributed by atoms with van der Waals surface area (Å²) in [5, 5.41) is 5.70. The molecule has 7 nitrogen and oxygen atoms in total. The van der Waals surface area contributed by atoms with Crippen molar-refractivity contribution in [3.8, 4) is 5.75 Å². The van der Waals surface area contributed by atoms with Crippen molar-refractivity contribution in [2.75, 3.05) is 13.7 Å². The Bertz CT molecular complexity index is 977. The number of fused-ring (bicyclic) bond motifs is 1. The smallest absolute Gasteiger partial charge is 0.287 e. The summed E-state index contributed by atoms with van der Waals surface area (Å²) >= 11 is 0. The number of aromatic nitrogens is 2. The molecule has 7 heteroatoms. The Labute approximate surface area is 163 Å². The van der Waals surface area contributed by atoms with Crippen LogP contribution in [0, 0.1) is 0 Å². The van der Waals surface area contributed by atoms with Crippen molar-refractivity contribution in [2.45, 2.75) is 26.3 Å². The Kier molecular flexibility index (Phi) is 5.93. The molecule has 0 bridgehead atoms. The second-order valence-electron chi connectivity index (χ2n) is 6.72. The van der Waals surface area contributed by atoms with Gasteiger partial charge in [0.05, 0.1) is 12.6 Å². The van der Waals surface area contributed by atoms with Gasteiger partial charge in [-0.3, -0.25) is 14.0 Å². The molecule has 0 aliphatic rings. The summed E-state index contributed by atoms with van der Waals surface area (Å²) < 4.78 is 6.78. The van der Waals surface area contributed by atoms with E-state index in [0.717, 1.165) is 11.3 Å². The molecule has 2 amide bonds. The standard InChI is InChI=1S/C21H24N4O3/c1-14(2)23-20(26)18-17-6-4-5-13-25(17)19(24-18)21(27)22-12-11-15-7-9-16(28-3)10-8-15/h4-10,13-14H,11-12H2,1-3H3,(H,22,27)(H,23,26). The number of imidazole rings is 1. The highest BCUT2D eigenvalue weighted by Crippen LogP contribution is 2.14. The first-order valence-corrected chi connectivity index (χ1v) is 9.18. The largest absolute Gasteiger partial charge is 0.497 e. The minimum Gasteiger partial charge on any atom is -0.497 e. The van der Waals surface area contributed by atoms with Crippen LogP contribution in [0.5, 0.6) is 5.75 Å². The van der Waals surface area contributed by atoms with Crippen molar-refractivity contribution in [1.29, 1.82) is 0 Å². The second-order valence-corrected chi connectivity index (χ2v) is 6.72. The van der Waals surface area contributed by atoms with Crippen LogP contribution in [0.2, 0.25) is 0 Å². The number of hydrogen-bond donors (Lipinski definition) is 2. The van der Waals surface area contributed by atoms with Crippen LogP contribution in [0.4, 0.5) is 0 Å². The van der Waals surface area contributed by atoms with Gasteiger partial charge in [-0.15, -0.1) is 0 Å². The zero-order valence-corrected chi connectivity index (χ0v) is 16.2. The van der Waals surface area contributed by atoms with E-state index < -0.39 is 0 Å². The Morgan fingerprint density at radius 2 is 1.86 bits per heavy atom. The molecular weight excluding hydrogens is 356 g/mol. The summed E-state index contributed by atoms with van der Waals surface area (Å²) in [6.07, 6.45) is 2.41. The highest BCUT2D eigenvalue weighted by Gasteiger charge is 2.21. The molecule has 146 valence electrons. The monoisotopic (exact) mass is 380 g/mol. The SMILES string of the molecule is COc1ccc(CCNC(=O)c2nc(C(=O)NC(C)C)c3ccccn23)cc1. The molecule has 2 aromatic heterocycles. The number of methoxy groups -OCH3 is 1. The lowest BCUT2D eigenvalue weighted by atomic mass is 10.1. The molecule has 0 radical (unpaired) electrons. The minimum absolute atomic E-state index is 0.0188. The Morgan fingerprint density at radius 3 is 2.54 bits per heavy atom. The third-order valence-corrected chi connectivity index (χ3v) is 4.24. The van der Waals surface area contributed by atoms with Gasteiger partial charge in [0.2, 0.25) is 5.82 Å². The van der Waals surface area contributed by atoms with Crippen molar-refractivity contribution in [2.24, 2.45) is 0 Å². The van der Waals surface area contributed by atoms with Crippen molar-refractivity contribution in [1.82, 2.24) is 20.0 Å². The first-order valence-electron chi connectivity index (χ1n) is 9.18. The number of pyridine rings is 1. The van der Waals surface area contributed by atoms with Crippen LogP contribution in [-0.2, 0) is 6.42 Å². The first-order chi connectivity index (χ1) is 13.5. The van der Waals surface area contributed by atoms with Gasteiger partial charge < -0.3 is 15.4 Å². The summed E-state index contributed by atoms with van der Waals surface area (Å²) in [7, 11) is 1.62. The van der Waals surface area contributed by atoms with Crippen molar-refractivity contribution < 1.29 is 14.3 Å². The third kappa shape index (κ3) is 4.31. The topological polar surface area (TPSA) is 84.7 Å². The summed E-state index contributed by atoms with van der Waals surface area (Å²) in [6.45, 7) is 4.21. The maximum atomic E-state index is 12.7. The Hall–Kier alpha value is -3.35. The minimum atomic E-state index is -0.321. The van der Waals surface area contributed by atoms with E-state index in [9.17, 15) is 9.59 Å². The molecule has 0 unspecified atom stereocenters. The fraction of sp³-hybridized carbons (Fsp3) is 0.286. The quantitative estimate of drug-likeness (QED) is 0.659. The number of carbonyl (C=O) groups is 2. The molecule has 0 fully saturated rings. The lowest BCUT2D eigenvalue weighted by Crippen LogP contribution is -2.31. The molecular formula is C21H24N4O3. The molecule has 28 heavy (non-hydrogen) atoms. The van der Waals surface area contributed by atoms with E-state index in [1.165, 1.54) is 0 Å². The van der Waals surface area contributed by atoms with E-state index >= 15 is 0 Å². The van der Waals surface area contributed by atoms with Crippen LogP contribution in [-0.4, -0.2) is 40.9 Å². The number of carbonyl (C=O) groups excluding carboxylic acids is 2. The maximum absolute atomic E-state index is 12.7. The average molecular weight is 380 g/mol. The summed E-state index contributed by atoms with van der Waals surface area (Å²) in [6, 6.07) is 13.1. The van der Waals surface area contributed by atoms with E-state index in [2.05, 4.69) is 15.6 Å². The lowest BCUT2D eigenvalue weighted by Gasteiger charge is -2.06. The predicted octanol–water partition coefficient (Wildman–Crippen LogP) is 2.45. The highest BCUT2D eigenvalue weighted by atomic mass is 16.5. The molecule has 0 saturated heterocycles. The van der Waals surface area contributed by atoms with Crippen molar-refractivity contribution in [3.63, 3.8) is 0 Å². The van der Waals surface area contributed by atoms with Gasteiger partial charge in [-0.25, -0.2) is 4.98 Å². The molecule has 3 rings (SSSR count). The fourth-order valence-corrected chi connectivity index (χ4v) is 2.89. The summed E-state index contributed by atoms with van der Waals surface area (Å²) in [5.41, 5.74) is 1.93. The normalized spacial score (nSPS) is 10.9. The van der Waals surface area contributed by atoms with Gasteiger partial charge in [-0.2, -0.15) is 0 Å². The van der Waals surface area contributed by atoms with E-state index in [1.54, 1.807) is 29.8 Å². The van der Waals surface area contributed by atoms with Crippen LogP contribution in [0.15, 0.2) is 48.7 Å². The predicted molar refractivity (Wildman–Crippen MR) is 107 cm³/mol. The van der Waals surface area contributed by atoms with Gasteiger partial charge >= 0.3 is 0 Å². The van der Waals surface area contributed by atoms with Gasteiger partial charge in [-0.05, 0) is 50.1 Å². The van der Waals surface area contributed by atoms with E-state index in [1.807, 2.05) is 44.2 Å². The van der Waals surface area contributed by atoms with Gasteiger partial charge in [0, 0.05) is 18.8 Å². The molecule has 0 atom stereocenters. The van der Waals surface area contributed by atoms with Crippen LogP contribution >= 0.6 is 0 Å². The molecule has 0 spiro atoms. The zero-order chi connectivity index (χ0) is 20.1. The molecule has 2 heterocycles. The third-order valence-electron chi connectivity index (χ3n) is 4.24. The average Bonchev–Trinajstić information content (AvgIpc) is 3.08. The molecule has 0 saturated carbocycles. The van der Waals surface area contributed by atoms with E-state index in [4.69, 9.17) is 4.74 Å². The van der Waals surface area contributed by atoms with Crippen molar-refractivity contribution >= 4 is 17.3 Å². The number of rotatable bonds is 7. The van der Waals surface area contributed by atoms with Crippen LogP contribution in [0.25, 0.3) is 5.52 Å². The number of hydrogen-bond acceptors (Lipinski definition) is 4. The second kappa shape index (κ2) is 8.56. The number of nitrogens with one attached hydrogen (secondary N) is 2. The molecule has 0 aliphatic carbocycles. The number of amides is 2. The summed E-state index contributed by atoms with van der Waals surface area (Å²) in [5.74, 6) is 0.373. The molecule has 3 aromatic rings. The number of ether oxygens (including phenoxy) is 1. The fourth-order valence-electron chi connectivity index (χ4n) is 2.89. The Morgan fingerprint density at radius 1 is 1.11 bits per heavy atom. The number of benzene rings is 1. The molecule has 2 N–H and O–H groups in total. The zero-order valence-electron chi connectivity index (χ0n) is 16.2. The lowest BCUT2D eigenvalue weighted by molar-refractivity contribution is 0.0940. The van der Waals surface area contributed by atoms with Gasteiger partial charge in [-0.1, -0.05) is 18.2 Å². The van der Waals surface area contributed by atoms with Crippen LogP contribution < -0.4 is 15.4 Å². The van der Waals surface area contributed by atoms with E-state index in [-0.39, 0.29) is 29.4 Å². The maximum Gasteiger partial charge on any atom is 0.287 e. The first kappa shape index (κ1) is 19.4. The van der Waals surface area contributed by atoms with Crippen molar-refractivity contribution in [3.05, 3.63) is 65.7 Å². The number of nitrogens with zero attached hydrogens (tertiary/aromatic N) is 2. The van der Waals surface area contributed by atoms with Crippen LogP contribution in [0.3, 0.4) is 0 Å². The Balaban J connectivity index is 1.73. The van der Waals surface area contributed by atoms with Crippen LogP contribution in [0.1, 0.15) is 40.5 Å². The van der Waals surface area contributed by atoms with Gasteiger partial charge in [0.25, 0.3) is 11.8 Å². The van der Waals surface area contributed by atoms with E-state index in [0.29, 0.717) is 18.5 Å². The van der Waals surface area contributed by atoms with Gasteiger partial charge in [0.15, 0.2) is 5.69 Å². The molecule has 0 aliphatic heterocycles. The highest BCUT2D eigenvalue weighted by molar-refractivity contribution is 6.02.